The number of aromatic carboxylic acids is 1. The fourth-order valence-electron chi connectivity index (χ4n) is 5.31. The molecule has 5 aromatic rings. The number of carbonyl (C=O) groups is 2. The molecular formula is C37H30N2O7S. The van der Waals surface area contributed by atoms with Crippen LogP contribution in [0.5, 0.6) is 11.5 Å². The first-order chi connectivity index (χ1) is 22.9. The standard InChI is InChI=1S/C37H30N2O7S/c1-3-45-36(43)31-32(25-9-5-4-6-10-25)38-37-39(33(31)26-14-18-28(44-2)19-15-26)34(40)30(47-37)21-23-12-16-29(17-13-23)46-22-24-8-7-11-27(20-24)35(41)42/h4-21,33H,3,22H2,1-2H3,(H,41,42)/b30-21-/t33-/m0/s1. The van der Waals surface area contributed by atoms with Gasteiger partial charge in [-0.1, -0.05) is 78.1 Å². The number of aromatic nitrogens is 1. The number of ether oxygens (including phenoxy) is 3. The Morgan fingerprint density at radius 2 is 1.66 bits per heavy atom. The summed E-state index contributed by atoms with van der Waals surface area (Å²) in [7, 11) is 1.58. The van der Waals surface area contributed by atoms with E-state index in [0.29, 0.717) is 32.1 Å². The molecular weight excluding hydrogens is 616 g/mol. The second-order valence-electron chi connectivity index (χ2n) is 10.6. The van der Waals surface area contributed by atoms with Crippen molar-refractivity contribution >= 4 is 35.0 Å². The molecule has 0 saturated carbocycles. The van der Waals surface area contributed by atoms with Gasteiger partial charge in [0.25, 0.3) is 5.56 Å². The van der Waals surface area contributed by atoms with Crippen molar-refractivity contribution in [3.63, 3.8) is 0 Å². The molecule has 1 aliphatic rings. The van der Waals surface area contributed by atoms with Crippen LogP contribution >= 0.6 is 11.3 Å². The minimum Gasteiger partial charge on any atom is -0.497 e. The van der Waals surface area contributed by atoms with Crippen molar-refractivity contribution in [3.05, 3.63) is 156 Å². The number of hydrogen-bond acceptors (Lipinski definition) is 8. The summed E-state index contributed by atoms with van der Waals surface area (Å²) >= 11 is 1.24. The summed E-state index contributed by atoms with van der Waals surface area (Å²) in [6.07, 6.45) is 1.78. The van der Waals surface area contributed by atoms with Gasteiger partial charge in [-0.15, -0.1) is 0 Å². The number of hydrogen-bond donors (Lipinski definition) is 1. The Morgan fingerprint density at radius 1 is 0.936 bits per heavy atom. The molecule has 1 aliphatic heterocycles. The zero-order chi connectivity index (χ0) is 32.9. The molecule has 0 spiro atoms. The predicted octanol–water partition coefficient (Wildman–Crippen LogP) is 5.22. The van der Waals surface area contributed by atoms with E-state index in [4.69, 9.17) is 19.2 Å². The van der Waals surface area contributed by atoms with E-state index >= 15 is 0 Å². The van der Waals surface area contributed by atoms with Crippen LogP contribution in [0.25, 0.3) is 11.8 Å². The fraction of sp³-hybridized carbons (Fsp3) is 0.135. The maximum Gasteiger partial charge on any atom is 0.338 e. The van der Waals surface area contributed by atoms with E-state index in [9.17, 15) is 19.5 Å². The highest BCUT2D eigenvalue weighted by Crippen LogP contribution is 2.35. The van der Waals surface area contributed by atoms with E-state index in [2.05, 4.69) is 0 Å². The lowest BCUT2D eigenvalue weighted by Crippen LogP contribution is -2.40. The summed E-state index contributed by atoms with van der Waals surface area (Å²) in [4.78, 5) is 44.3. The summed E-state index contributed by atoms with van der Waals surface area (Å²) < 4.78 is 18.7. The monoisotopic (exact) mass is 646 g/mol. The van der Waals surface area contributed by atoms with Crippen LogP contribution in [0.2, 0.25) is 0 Å². The first kappa shape index (κ1) is 31.3. The number of methoxy groups -OCH3 is 1. The molecule has 0 aliphatic carbocycles. The highest BCUT2D eigenvalue weighted by Gasteiger charge is 2.35. The number of benzene rings is 4. The molecule has 47 heavy (non-hydrogen) atoms. The van der Waals surface area contributed by atoms with Crippen molar-refractivity contribution in [2.45, 2.75) is 19.6 Å². The van der Waals surface area contributed by atoms with Crippen LogP contribution in [0.1, 0.15) is 45.6 Å². The topological polar surface area (TPSA) is 116 Å². The number of fused-ring (bicyclic) bond motifs is 1. The molecule has 10 heteroatoms. The zero-order valence-electron chi connectivity index (χ0n) is 25.6. The molecule has 4 aromatic carbocycles. The van der Waals surface area contributed by atoms with Gasteiger partial charge in [-0.05, 0) is 66.1 Å². The largest absolute Gasteiger partial charge is 0.497 e. The van der Waals surface area contributed by atoms with Gasteiger partial charge in [0.1, 0.15) is 18.1 Å². The summed E-state index contributed by atoms with van der Waals surface area (Å²) in [6.45, 7) is 2.11. The second-order valence-corrected chi connectivity index (χ2v) is 11.6. The van der Waals surface area contributed by atoms with Crippen molar-refractivity contribution in [1.82, 2.24) is 4.57 Å². The first-order valence-corrected chi connectivity index (χ1v) is 15.7. The second kappa shape index (κ2) is 13.7. The fourth-order valence-corrected chi connectivity index (χ4v) is 6.32. The third kappa shape index (κ3) is 6.63. The molecule has 0 amide bonds. The van der Waals surface area contributed by atoms with E-state index in [-0.39, 0.29) is 29.9 Å². The van der Waals surface area contributed by atoms with Gasteiger partial charge < -0.3 is 19.3 Å². The molecule has 236 valence electrons. The lowest BCUT2D eigenvalue weighted by Gasteiger charge is -2.26. The molecule has 1 aromatic heterocycles. The average molecular weight is 647 g/mol. The smallest absolute Gasteiger partial charge is 0.338 e. The minimum atomic E-state index is -0.995. The van der Waals surface area contributed by atoms with Crippen molar-refractivity contribution in [2.24, 2.45) is 4.99 Å². The number of carboxylic acids is 1. The summed E-state index contributed by atoms with van der Waals surface area (Å²) in [6, 6.07) is 29.7. The van der Waals surface area contributed by atoms with Gasteiger partial charge in [0, 0.05) is 5.56 Å². The van der Waals surface area contributed by atoms with Gasteiger partial charge in [0.2, 0.25) is 0 Å². The van der Waals surface area contributed by atoms with Crippen molar-refractivity contribution in [2.75, 3.05) is 13.7 Å². The van der Waals surface area contributed by atoms with Crippen LogP contribution in [0.3, 0.4) is 0 Å². The summed E-state index contributed by atoms with van der Waals surface area (Å²) in [5.41, 5.74) is 3.58. The van der Waals surface area contributed by atoms with E-state index < -0.39 is 18.0 Å². The lowest BCUT2D eigenvalue weighted by atomic mass is 9.93. The Balaban J connectivity index is 1.40. The maximum absolute atomic E-state index is 14.1. The van der Waals surface area contributed by atoms with Gasteiger partial charge in [0.05, 0.1) is 41.1 Å². The van der Waals surface area contributed by atoms with Crippen LogP contribution in [0.15, 0.2) is 118 Å². The number of esters is 1. The van der Waals surface area contributed by atoms with Gasteiger partial charge >= 0.3 is 11.9 Å². The maximum atomic E-state index is 14.1. The molecule has 6 rings (SSSR count). The van der Waals surface area contributed by atoms with Gasteiger partial charge in [-0.25, -0.2) is 14.6 Å². The number of carboxylic acid groups (broad SMARTS) is 1. The third-order valence-electron chi connectivity index (χ3n) is 7.56. The highest BCUT2D eigenvalue weighted by molar-refractivity contribution is 7.07. The van der Waals surface area contributed by atoms with E-state index in [1.807, 2.05) is 54.6 Å². The molecule has 9 nitrogen and oxygen atoms in total. The Bertz CT molecular complexity index is 2150. The van der Waals surface area contributed by atoms with Crippen LogP contribution in [0, 0.1) is 0 Å². The Labute approximate surface area is 274 Å². The van der Waals surface area contributed by atoms with Crippen molar-refractivity contribution in [3.8, 4) is 11.5 Å². The molecule has 1 atom stereocenters. The van der Waals surface area contributed by atoms with Crippen LogP contribution < -0.4 is 24.4 Å². The Kier molecular flexibility index (Phi) is 9.12. The highest BCUT2D eigenvalue weighted by atomic mass is 32.1. The number of thiazole rings is 1. The molecule has 2 heterocycles. The SMILES string of the molecule is CCOC(=O)C1=C(c2ccccc2)N=c2s/c(=C\c3ccc(OCc4cccc(C(=O)O)c4)cc3)c(=O)n2[C@H]1c1ccc(OC)cc1. The predicted molar refractivity (Wildman–Crippen MR) is 178 cm³/mol. The minimum absolute atomic E-state index is 0.165. The number of rotatable bonds is 10. The number of carbonyl (C=O) groups excluding carboxylic acids is 1. The normalized spacial score (nSPS) is 14.3. The molecule has 0 unspecified atom stereocenters. The van der Waals surface area contributed by atoms with Gasteiger partial charge in [0.15, 0.2) is 4.80 Å². The quantitative estimate of drug-likeness (QED) is 0.207. The molecule has 0 bridgehead atoms. The molecule has 0 saturated heterocycles. The van der Waals surface area contributed by atoms with Gasteiger partial charge in [-0.3, -0.25) is 9.36 Å². The molecule has 0 radical (unpaired) electrons. The summed E-state index contributed by atoms with van der Waals surface area (Å²) in [5.74, 6) is -0.302. The Hall–Kier alpha value is -5.74. The van der Waals surface area contributed by atoms with Crippen molar-refractivity contribution in [1.29, 1.82) is 0 Å². The van der Waals surface area contributed by atoms with Gasteiger partial charge in [-0.2, -0.15) is 0 Å². The van der Waals surface area contributed by atoms with E-state index in [1.54, 1.807) is 67.1 Å². The van der Waals surface area contributed by atoms with E-state index in [0.717, 1.165) is 16.7 Å². The first-order valence-electron chi connectivity index (χ1n) is 14.8. The van der Waals surface area contributed by atoms with Crippen molar-refractivity contribution < 1.29 is 28.9 Å². The lowest BCUT2D eigenvalue weighted by molar-refractivity contribution is -0.138. The number of nitrogens with zero attached hydrogens (tertiary/aromatic N) is 2. The van der Waals surface area contributed by atoms with Crippen LogP contribution in [-0.4, -0.2) is 35.3 Å². The molecule has 1 N–H and O–H groups in total. The van der Waals surface area contributed by atoms with Crippen LogP contribution in [0.4, 0.5) is 0 Å². The summed E-state index contributed by atoms with van der Waals surface area (Å²) in [5, 5.41) is 9.23. The third-order valence-corrected chi connectivity index (χ3v) is 8.55. The van der Waals surface area contributed by atoms with Crippen LogP contribution in [-0.2, 0) is 16.1 Å². The molecule has 0 fully saturated rings. The Morgan fingerprint density at radius 3 is 2.34 bits per heavy atom. The average Bonchev–Trinajstić information content (AvgIpc) is 3.41. The zero-order valence-corrected chi connectivity index (χ0v) is 26.4. The van der Waals surface area contributed by atoms with E-state index in [1.165, 1.54) is 17.4 Å².